The van der Waals surface area contributed by atoms with E-state index in [0.29, 0.717) is 11.3 Å². The minimum atomic E-state index is -0.754. The Hall–Kier alpha value is -2.30. The zero-order valence-corrected chi connectivity index (χ0v) is 12.0. The Morgan fingerprint density at radius 3 is 2.10 bits per heavy atom. The van der Waals surface area contributed by atoms with Crippen LogP contribution in [0.4, 0.5) is 0 Å². The summed E-state index contributed by atoms with van der Waals surface area (Å²) in [5.74, 6) is -0.930. The van der Waals surface area contributed by atoms with Crippen molar-refractivity contribution < 1.29 is 23.8 Å². The fraction of sp³-hybridized carbons (Fsp3) is 0.333. The van der Waals surface area contributed by atoms with Crippen molar-refractivity contribution >= 4 is 18.0 Å². The smallest absolute Gasteiger partial charge is 0.345 e. The van der Waals surface area contributed by atoms with Crippen LogP contribution in [-0.4, -0.2) is 32.3 Å². The first-order valence-corrected chi connectivity index (χ1v) is 6.13. The molecule has 0 atom stereocenters. The van der Waals surface area contributed by atoms with Crippen molar-refractivity contribution in [2.24, 2.45) is 0 Å². The van der Waals surface area contributed by atoms with Gasteiger partial charge >= 0.3 is 11.9 Å². The SMILES string of the molecule is COC(=O)C(=Cc1ccccc1OC(C)C)C(=O)OC. The number of carbonyl (C=O) groups is 2. The predicted molar refractivity (Wildman–Crippen MR) is 74.2 cm³/mol. The quantitative estimate of drug-likeness (QED) is 0.357. The van der Waals surface area contributed by atoms with Crippen LogP contribution < -0.4 is 4.74 Å². The molecule has 0 saturated carbocycles. The molecule has 20 heavy (non-hydrogen) atoms. The van der Waals surface area contributed by atoms with Crippen LogP contribution in [0.15, 0.2) is 29.8 Å². The van der Waals surface area contributed by atoms with Gasteiger partial charge in [-0.2, -0.15) is 0 Å². The van der Waals surface area contributed by atoms with Crippen molar-refractivity contribution in [2.45, 2.75) is 20.0 Å². The van der Waals surface area contributed by atoms with E-state index in [1.54, 1.807) is 18.2 Å². The summed E-state index contributed by atoms with van der Waals surface area (Å²) in [6.07, 6.45) is 1.37. The van der Waals surface area contributed by atoms with Crippen molar-refractivity contribution in [1.82, 2.24) is 0 Å². The van der Waals surface area contributed by atoms with E-state index < -0.39 is 11.9 Å². The molecule has 1 rings (SSSR count). The Balaban J connectivity index is 3.23. The third-order valence-electron chi connectivity index (χ3n) is 2.39. The van der Waals surface area contributed by atoms with Gasteiger partial charge in [0, 0.05) is 5.56 Å². The van der Waals surface area contributed by atoms with Crippen LogP contribution in [0.5, 0.6) is 5.75 Å². The summed E-state index contributed by atoms with van der Waals surface area (Å²) in [4.78, 5) is 23.2. The molecule has 0 radical (unpaired) electrons. The number of carbonyl (C=O) groups excluding carboxylic acids is 2. The Bertz CT molecular complexity index is 499. The van der Waals surface area contributed by atoms with Crippen LogP contribution in [0.1, 0.15) is 19.4 Å². The largest absolute Gasteiger partial charge is 0.490 e. The monoisotopic (exact) mass is 278 g/mol. The van der Waals surface area contributed by atoms with Gasteiger partial charge in [0.2, 0.25) is 0 Å². The minimum absolute atomic E-state index is 0.0238. The number of esters is 2. The Morgan fingerprint density at radius 2 is 1.60 bits per heavy atom. The summed E-state index contributed by atoms with van der Waals surface area (Å²) in [5, 5.41) is 0. The number of benzene rings is 1. The van der Waals surface area contributed by atoms with Gasteiger partial charge < -0.3 is 14.2 Å². The molecule has 0 aliphatic carbocycles. The predicted octanol–water partition coefficient (Wildman–Crippen LogP) is 2.20. The molecule has 0 fully saturated rings. The molecule has 1 aromatic carbocycles. The van der Waals surface area contributed by atoms with Crippen molar-refractivity contribution in [2.75, 3.05) is 14.2 Å². The normalized spacial score (nSPS) is 9.85. The molecule has 0 unspecified atom stereocenters. The van der Waals surface area contributed by atoms with Crippen LogP contribution in [0.2, 0.25) is 0 Å². The first-order valence-electron chi connectivity index (χ1n) is 6.13. The van der Waals surface area contributed by atoms with Gasteiger partial charge in [0.15, 0.2) is 0 Å². The first kappa shape index (κ1) is 15.8. The molecule has 0 spiro atoms. The van der Waals surface area contributed by atoms with Crippen LogP contribution in [0.25, 0.3) is 6.08 Å². The van der Waals surface area contributed by atoms with E-state index in [0.717, 1.165) is 0 Å². The Kier molecular flexibility index (Phi) is 5.77. The van der Waals surface area contributed by atoms with Gasteiger partial charge in [-0.1, -0.05) is 18.2 Å². The molecule has 0 saturated heterocycles. The van der Waals surface area contributed by atoms with Gasteiger partial charge in [-0.3, -0.25) is 0 Å². The summed E-state index contributed by atoms with van der Waals surface area (Å²) in [5.41, 5.74) is 0.418. The Morgan fingerprint density at radius 1 is 1.05 bits per heavy atom. The second-order valence-corrected chi connectivity index (χ2v) is 4.25. The highest BCUT2D eigenvalue weighted by Crippen LogP contribution is 2.22. The van der Waals surface area contributed by atoms with E-state index in [4.69, 9.17) is 4.74 Å². The third-order valence-corrected chi connectivity index (χ3v) is 2.39. The zero-order valence-electron chi connectivity index (χ0n) is 12.0. The third kappa shape index (κ3) is 4.12. The van der Waals surface area contributed by atoms with Crippen LogP contribution in [0, 0.1) is 0 Å². The highest BCUT2D eigenvalue weighted by molar-refractivity contribution is 6.17. The highest BCUT2D eigenvalue weighted by Gasteiger charge is 2.20. The van der Waals surface area contributed by atoms with E-state index in [2.05, 4.69) is 9.47 Å². The van der Waals surface area contributed by atoms with E-state index >= 15 is 0 Å². The van der Waals surface area contributed by atoms with Crippen molar-refractivity contribution in [1.29, 1.82) is 0 Å². The molecule has 0 aliphatic rings. The lowest BCUT2D eigenvalue weighted by Crippen LogP contribution is -2.16. The maximum Gasteiger partial charge on any atom is 0.345 e. The van der Waals surface area contributed by atoms with Gasteiger partial charge in [-0.05, 0) is 26.0 Å². The van der Waals surface area contributed by atoms with Crippen molar-refractivity contribution in [3.63, 3.8) is 0 Å². The maximum atomic E-state index is 11.6. The number of para-hydroxylation sites is 1. The molecule has 0 N–H and O–H groups in total. The van der Waals surface area contributed by atoms with Gasteiger partial charge in [0.25, 0.3) is 0 Å². The standard InChI is InChI=1S/C15H18O5/c1-10(2)20-13-8-6-5-7-11(13)9-12(14(16)18-3)15(17)19-4/h5-10H,1-4H3. The summed E-state index contributed by atoms with van der Waals surface area (Å²) in [7, 11) is 2.41. The Labute approximate surface area is 118 Å². The minimum Gasteiger partial charge on any atom is -0.490 e. The van der Waals surface area contributed by atoms with Gasteiger partial charge in [-0.15, -0.1) is 0 Å². The molecule has 0 aliphatic heterocycles. The summed E-state index contributed by atoms with van der Waals surface area (Å²) in [6, 6.07) is 7.10. The van der Waals surface area contributed by atoms with Crippen molar-refractivity contribution in [3.05, 3.63) is 35.4 Å². The number of methoxy groups -OCH3 is 2. The summed E-state index contributed by atoms with van der Waals surface area (Å²) in [6.45, 7) is 3.78. The lowest BCUT2D eigenvalue weighted by Gasteiger charge is -2.12. The topological polar surface area (TPSA) is 61.8 Å². The number of ether oxygens (including phenoxy) is 3. The van der Waals surface area contributed by atoms with E-state index in [1.165, 1.54) is 20.3 Å². The zero-order chi connectivity index (χ0) is 15.1. The molecule has 0 amide bonds. The van der Waals surface area contributed by atoms with E-state index in [9.17, 15) is 9.59 Å². The molecule has 108 valence electrons. The molecule has 0 heterocycles. The fourth-order valence-corrected chi connectivity index (χ4v) is 1.54. The fourth-order valence-electron chi connectivity index (χ4n) is 1.54. The van der Waals surface area contributed by atoms with E-state index in [-0.39, 0.29) is 11.7 Å². The number of hydrogen-bond donors (Lipinski definition) is 0. The molecular formula is C15H18O5. The lowest BCUT2D eigenvalue weighted by atomic mass is 10.1. The lowest BCUT2D eigenvalue weighted by molar-refractivity contribution is -0.143. The number of rotatable bonds is 5. The van der Waals surface area contributed by atoms with Gasteiger partial charge in [-0.25, -0.2) is 9.59 Å². The van der Waals surface area contributed by atoms with Gasteiger partial charge in [0.1, 0.15) is 11.3 Å². The van der Waals surface area contributed by atoms with Crippen LogP contribution in [-0.2, 0) is 19.1 Å². The molecule has 0 bridgehead atoms. The average Bonchev–Trinajstić information content (AvgIpc) is 2.44. The van der Waals surface area contributed by atoms with Crippen LogP contribution in [0.3, 0.4) is 0 Å². The van der Waals surface area contributed by atoms with E-state index in [1.807, 2.05) is 19.9 Å². The first-order chi connectivity index (χ1) is 9.49. The highest BCUT2D eigenvalue weighted by atomic mass is 16.5. The summed E-state index contributed by atoms with van der Waals surface area (Å²) >= 11 is 0. The number of hydrogen-bond acceptors (Lipinski definition) is 5. The second-order valence-electron chi connectivity index (χ2n) is 4.25. The van der Waals surface area contributed by atoms with Gasteiger partial charge in [0.05, 0.1) is 20.3 Å². The second kappa shape index (κ2) is 7.33. The maximum absolute atomic E-state index is 11.6. The van der Waals surface area contributed by atoms with Crippen molar-refractivity contribution in [3.8, 4) is 5.75 Å². The summed E-state index contributed by atoms with van der Waals surface area (Å²) < 4.78 is 14.8. The average molecular weight is 278 g/mol. The molecule has 1 aromatic rings. The molecular weight excluding hydrogens is 260 g/mol. The molecule has 5 heteroatoms. The van der Waals surface area contributed by atoms with Crippen LogP contribution >= 0.6 is 0 Å². The molecule has 5 nitrogen and oxygen atoms in total. The molecule has 0 aromatic heterocycles.